The van der Waals surface area contributed by atoms with E-state index in [0.29, 0.717) is 39.6 Å². The number of unbranched alkanes of at least 4 members (excludes halogenated alkanes) is 9. The SMILES string of the molecule is CCCCCCCCCCCCOc1ccccc1OCCOCCOCCOC. The minimum Gasteiger partial charge on any atom is -0.490 e. The number of hydrogen-bond donors (Lipinski definition) is 0. The van der Waals surface area contributed by atoms with E-state index in [9.17, 15) is 0 Å². The summed E-state index contributed by atoms with van der Waals surface area (Å²) in [5.41, 5.74) is 0. The molecule has 1 aromatic rings. The third-order valence-electron chi connectivity index (χ3n) is 4.89. The molecule has 0 aliphatic rings. The van der Waals surface area contributed by atoms with E-state index in [1.54, 1.807) is 7.11 Å². The predicted molar refractivity (Wildman–Crippen MR) is 123 cm³/mol. The average Bonchev–Trinajstić information content (AvgIpc) is 2.77. The van der Waals surface area contributed by atoms with Crippen LogP contribution in [0, 0.1) is 0 Å². The summed E-state index contributed by atoms with van der Waals surface area (Å²) in [5, 5.41) is 0. The molecule has 0 N–H and O–H groups in total. The highest BCUT2D eigenvalue weighted by molar-refractivity contribution is 5.39. The topological polar surface area (TPSA) is 46.2 Å². The lowest BCUT2D eigenvalue weighted by atomic mass is 10.1. The first-order valence-corrected chi connectivity index (χ1v) is 11.9. The lowest BCUT2D eigenvalue weighted by Crippen LogP contribution is -2.12. The summed E-state index contributed by atoms with van der Waals surface area (Å²) in [6.45, 7) is 6.37. The standard InChI is InChI=1S/C25H44O5/c1-3-4-5-6-7-8-9-10-11-14-17-29-24-15-12-13-16-25(24)30-23-22-28-21-20-27-19-18-26-2/h12-13,15-16H,3-11,14,17-23H2,1-2H3. The van der Waals surface area contributed by atoms with Crippen LogP contribution in [0.15, 0.2) is 24.3 Å². The molecule has 0 aromatic heterocycles. The minimum atomic E-state index is 0.497. The molecule has 1 aromatic carbocycles. The van der Waals surface area contributed by atoms with Gasteiger partial charge in [-0.15, -0.1) is 0 Å². The third kappa shape index (κ3) is 15.5. The van der Waals surface area contributed by atoms with Gasteiger partial charge in [0.1, 0.15) is 6.61 Å². The molecule has 0 saturated carbocycles. The molecule has 5 heteroatoms. The molecule has 0 fully saturated rings. The van der Waals surface area contributed by atoms with Crippen LogP contribution in [0.25, 0.3) is 0 Å². The summed E-state index contributed by atoms with van der Waals surface area (Å²) in [4.78, 5) is 0. The van der Waals surface area contributed by atoms with Crippen molar-refractivity contribution < 1.29 is 23.7 Å². The highest BCUT2D eigenvalue weighted by Crippen LogP contribution is 2.26. The molecule has 0 spiro atoms. The molecule has 1 rings (SSSR count). The van der Waals surface area contributed by atoms with Gasteiger partial charge in [0.25, 0.3) is 0 Å². The average molecular weight is 425 g/mol. The minimum absolute atomic E-state index is 0.497. The molecule has 30 heavy (non-hydrogen) atoms. The maximum atomic E-state index is 5.94. The van der Waals surface area contributed by atoms with Gasteiger partial charge in [-0.05, 0) is 18.6 Å². The highest BCUT2D eigenvalue weighted by atomic mass is 16.6. The van der Waals surface area contributed by atoms with Crippen molar-refractivity contribution in [3.8, 4) is 11.5 Å². The van der Waals surface area contributed by atoms with Crippen LogP contribution in [0.1, 0.15) is 71.1 Å². The number of ether oxygens (including phenoxy) is 5. The Labute approximate surface area is 184 Å². The molecule has 0 bridgehead atoms. The quantitative estimate of drug-likeness (QED) is 0.212. The number of hydrogen-bond acceptors (Lipinski definition) is 5. The zero-order valence-electron chi connectivity index (χ0n) is 19.4. The van der Waals surface area contributed by atoms with Gasteiger partial charge in [0.15, 0.2) is 11.5 Å². The first-order valence-electron chi connectivity index (χ1n) is 11.9. The van der Waals surface area contributed by atoms with Crippen LogP contribution in [-0.4, -0.2) is 53.4 Å². The molecule has 0 heterocycles. The molecule has 0 saturated heterocycles. The third-order valence-corrected chi connectivity index (χ3v) is 4.89. The maximum Gasteiger partial charge on any atom is 0.161 e. The second-order valence-electron chi connectivity index (χ2n) is 7.54. The first kappa shape index (κ1) is 26.7. The molecular weight excluding hydrogens is 380 g/mol. The van der Waals surface area contributed by atoms with Crippen LogP contribution in [0.2, 0.25) is 0 Å². The van der Waals surface area contributed by atoms with Gasteiger partial charge in [0.05, 0.1) is 39.6 Å². The smallest absolute Gasteiger partial charge is 0.161 e. The lowest BCUT2D eigenvalue weighted by Gasteiger charge is -2.13. The van der Waals surface area contributed by atoms with Crippen molar-refractivity contribution in [2.75, 3.05) is 53.4 Å². The number of methoxy groups -OCH3 is 1. The van der Waals surface area contributed by atoms with Gasteiger partial charge in [-0.1, -0.05) is 76.8 Å². The van der Waals surface area contributed by atoms with E-state index in [1.807, 2.05) is 24.3 Å². The van der Waals surface area contributed by atoms with E-state index in [0.717, 1.165) is 24.5 Å². The molecule has 0 aliphatic carbocycles. The first-order chi connectivity index (χ1) is 14.9. The van der Waals surface area contributed by atoms with Gasteiger partial charge in [-0.2, -0.15) is 0 Å². The van der Waals surface area contributed by atoms with E-state index in [4.69, 9.17) is 23.7 Å². The van der Waals surface area contributed by atoms with Crippen LogP contribution in [-0.2, 0) is 14.2 Å². The van der Waals surface area contributed by atoms with Crippen LogP contribution < -0.4 is 9.47 Å². The van der Waals surface area contributed by atoms with E-state index >= 15 is 0 Å². The summed E-state index contributed by atoms with van der Waals surface area (Å²) in [6.07, 6.45) is 13.3. The summed E-state index contributed by atoms with van der Waals surface area (Å²) < 4.78 is 27.6. The van der Waals surface area contributed by atoms with E-state index in [2.05, 4.69) is 6.92 Å². The second kappa shape index (κ2) is 21.0. The zero-order chi connectivity index (χ0) is 21.5. The van der Waals surface area contributed by atoms with Gasteiger partial charge in [0.2, 0.25) is 0 Å². The fraction of sp³-hybridized carbons (Fsp3) is 0.760. The predicted octanol–water partition coefficient (Wildman–Crippen LogP) is 6.04. The normalized spacial score (nSPS) is 11.0. The number of rotatable bonds is 22. The summed E-state index contributed by atoms with van der Waals surface area (Å²) in [6, 6.07) is 7.86. The van der Waals surface area contributed by atoms with Gasteiger partial charge in [0, 0.05) is 7.11 Å². The van der Waals surface area contributed by atoms with Crippen LogP contribution in [0.4, 0.5) is 0 Å². The van der Waals surface area contributed by atoms with Gasteiger partial charge >= 0.3 is 0 Å². The van der Waals surface area contributed by atoms with Crippen molar-refractivity contribution in [3.05, 3.63) is 24.3 Å². The molecule has 0 atom stereocenters. The largest absolute Gasteiger partial charge is 0.490 e. The Morgan fingerprint density at radius 3 is 1.57 bits per heavy atom. The van der Waals surface area contributed by atoms with E-state index in [-0.39, 0.29) is 0 Å². The molecule has 0 amide bonds. The van der Waals surface area contributed by atoms with E-state index < -0.39 is 0 Å². The fourth-order valence-electron chi connectivity index (χ4n) is 3.14. The van der Waals surface area contributed by atoms with Crippen molar-refractivity contribution in [1.82, 2.24) is 0 Å². The van der Waals surface area contributed by atoms with Gasteiger partial charge < -0.3 is 23.7 Å². The van der Waals surface area contributed by atoms with Crippen LogP contribution in [0.3, 0.4) is 0 Å². The molecule has 0 unspecified atom stereocenters. The molecule has 0 aliphatic heterocycles. The Morgan fingerprint density at radius 1 is 0.533 bits per heavy atom. The van der Waals surface area contributed by atoms with Gasteiger partial charge in [-0.3, -0.25) is 0 Å². The number of benzene rings is 1. The summed E-state index contributed by atoms with van der Waals surface area (Å²) in [7, 11) is 1.66. The Morgan fingerprint density at radius 2 is 1.00 bits per heavy atom. The molecular formula is C25H44O5. The van der Waals surface area contributed by atoms with Crippen molar-refractivity contribution in [1.29, 1.82) is 0 Å². The van der Waals surface area contributed by atoms with E-state index in [1.165, 1.54) is 57.8 Å². The van der Waals surface area contributed by atoms with Crippen molar-refractivity contribution in [3.63, 3.8) is 0 Å². The maximum absolute atomic E-state index is 5.94. The fourth-order valence-corrected chi connectivity index (χ4v) is 3.14. The van der Waals surface area contributed by atoms with Crippen LogP contribution >= 0.6 is 0 Å². The van der Waals surface area contributed by atoms with Crippen molar-refractivity contribution in [2.45, 2.75) is 71.1 Å². The van der Waals surface area contributed by atoms with Crippen molar-refractivity contribution in [2.24, 2.45) is 0 Å². The molecule has 0 radical (unpaired) electrons. The summed E-state index contributed by atoms with van der Waals surface area (Å²) in [5.74, 6) is 1.60. The Hall–Kier alpha value is -1.30. The highest BCUT2D eigenvalue weighted by Gasteiger charge is 2.04. The molecule has 5 nitrogen and oxygen atoms in total. The van der Waals surface area contributed by atoms with Gasteiger partial charge in [-0.25, -0.2) is 0 Å². The number of para-hydroxylation sites is 2. The second-order valence-corrected chi connectivity index (χ2v) is 7.54. The summed E-state index contributed by atoms with van der Waals surface area (Å²) >= 11 is 0. The Kier molecular flexibility index (Phi) is 18.7. The Bertz CT molecular complexity index is 480. The monoisotopic (exact) mass is 424 g/mol. The Balaban J connectivity index is 2.02. The van der Waals surface area contributed by atoms with Crippen molar-refractivity contribution >= 4 is 0 Å². The van der Waals surface area contributed by atoms with Crippen LogP contribution in [0.5, 0.6) is 11.5 Å². The lowest BCUT2D eigenvalue weighted by molar-refractivity contribution is 0.0177. The molecule has 174 valence electrons. The zero-order valence-corrected chi connectivity index (χ0v) is 19.4.